The third kappa shape index (κ3) is 6.91. The average molecular weight is 496 g/mol. The molecule has 0 saturated carbocycles. The van der Waals surface area contributed by atoms with E-state index in [9.17, 15) is 18.0 Å². The SMILES string of the molecule is COc1cc(/C=C/C(=O)Nc2cc(C(F)(F)F)ccc2Cl)ccc1OCc1ccc(Cl)cc1. The molecule has 0 spiro atoms. The van der Waals surface area contributed by atoms with Gasteiger partial charge in [-0.3, -0.25) is 4.79 Å². The minimum Gasteiger partial charge on any atom is -0.493 e. The van der Waals surface area contributed by atoms with Gasteiger partial charge in [-0.25, -0.2) is 0 Å². The maximum Gasteiger partial charge on any atom is 0.416 e. The molecule has 0 radical (unpaired) electrons. The molecule has 0 aliphatic heterocycles. The van der Waals surface area contributed by atoms with Gasteiger partial charge in [-0.2, -0.15) is 13.2 Å². The van der Waals surface area contributed by atoms with Crippen LogP contribution in [0.1, 0.15) is 16.7 Å². The van der Waals surface area contributed by atoms with Gasteiger partial charge in [0.05, 0.1) is 23.4 Å². The van der Waals surface area contributed by atoms with Crippen molar-refractivity contribution >= 4 is 40.9 Å². The molecule has 0 aliphatic rings. The van der Waals surface area contributed by atoms with Crippen LogP contribution in [0.5, 0.6) is 11.5 Å². The van der Waals surface area contributed by atoms with Crippen molar-refractivity contribution in [3.05, 3.63) is 93.5 Å². The Morgan fingerprint density at radius 2 is 1.73 bits per heavy atom. The monoisotopic (exact) mass is 495 g/mol. The summed E-state index contributed by atoms with van der Waals surface area (Å²) in [7, 11) is 1.49. The van der Waals surface area contributed by atoms with Gasteiger partial charge < -0.3 is 14.8 Å². The predicted octanol–water partition coefficient (Wildman–Crippen LogP) is 7.25. The van der Waals surface area contributed by atoms with Crippen molar-refractivity contribution in [1.29, 1.82) is 0 Å². The first-order valence-electron chi connectivity index (χ1n) is 9.57. The van der Waals surface area contributed by atoms with Crippen molar-refractivity contribution in [3.8, 4) is 11.5 Å². The molecule has 3 aromatic carbocycles. The van der Waals surface area contributed by atoms with Crippen LogP contribution >= 0.6 is 23.2 Å². The molecular weight excluding hydrogens is 478 g/mol. The fraction of sp³-hybridized carbons (Fsp3) is 0.125. The maximum absolute atomic E-state index is 12.9. The van der Waals surface area contributed by atoms with Crippen LogP contribution < -0.4 is 14.8 Å². The molecule has 4 nitrogen and oxygen atoms in total. The number of nitrogens with one attached hydrogen (secondary N) is 1. The molecule has 0 bridgehead atoms. The number of hydrogen-bond acceptors (Lipinski definition) is 3. The summed E-state index contributed by atoms with van der Waals surface area (Å²) in [5.74, 6) is 0.315. The molecule has 0 aromatic heterocycles. The highest BCUT2D eigenvalue weighted by molar-refractivity contribution is 6.33. The first-order chi connectivity index (χ1) is 15.7. The lowest BCUT2D eigenvalue weighted by Gasteiger charge is -2.12. The molecule has 1 amide bonds. The summed E-state index contributed by atoms with van der Waals surface area (Å²) in [5.41, 5.74) is 0.501. The number of alkyl halides is 3. The summed E-state index contributed by atoms with van der Waals surface area (Å²) in [6.45, 7) is 0.308. The van der Waals surface area contributed by atoms with Crippen LogP contribution in [-0.2, 0) is 17.6 Å². The lowest BCUT2D eigenvalue weighted by atomic mass is 10.1. The molecule has 0 atom stereocenters. The zero-order valence-electron chi connectivity index (χ0n) is 17.2. The fourth-order valence-corrected chi connectivity index (χ4v) is 3.08. The highest BCUT2D eigenvalue weighted by atomic mass is 35.5. The fourth-order valence-electron chi connectivity index (χ4n) is 2.79. The van der Waals surface area contributed by atoms with Gasteiger partial charge in [-0.1, -0.05) is 41.4 Å². The molecule has 0 fully saturated rings. The molecule has 1 N–H and O–H groups in total. The smallest absolute Gasteiger partial charge is 0.416 e. The molecule has 3 aromatic rings. The molecule has 0 aliphatic carbocycles. The summed E-state index contributed by atoms with van der Waals surface area (Å²) in [6.07, 6.45) is -1.88. The van der Waals surface area contributed by atoms with Gasteiger partial charge in [0.15, 0.2) is 11.5 Å². The number of anilines is 1. The Morgan fingerprint density at radius 3 is 2.39 bits per heavy atom. The maximum atomic E-state index is 12.9. The highest BCUT2D eigenvalue weighted by Gasteiger charge is 2.31. The topological polar surface area (TPSA) is 47.6 Å². The van der Waals surface area contributed by atoms with E-state index < -0.39 is 17.6 Å². The van der Waals surface area contributed by atoms with Crippen LogP contribution in [0.2, 0.25) is 10.0 Å². The number of methoxy groups -OCH3 is 1. The van der Waals surface area contributed by atoms with E-state index in [0.29, 0.717) is 28.7 Å². The summed E-state index contributed by atoms with van der Waals surface area (Å²) in [5, 5.41) is 2.98. The molecule has 172 valence electrons. The van der Waals surface area contributed by atoms with E-state index in [2.05, 4.69) is 5.32 Å². The summed E-state index contributed by atoms with van der Waals surface area (Å²) in [4.78, 5) is 12.2. The van der Waals surface area contributed by atoms with Gasteiger partial charge in [0.1, 0.15) is 6.61 Å². The van der Waals surface area contributed by atoms with E-state index in [1.165, 1.54) is 19.3 Å². The van der Waals surface area contributed by atoms with Gasteiger partial charge >= 0.3 is 6.18 Å². The zero-order valence-corrected chi connectivity index (χ0v) is 18.8. The van der Waals surface area contributed by atoms with E-state index in [1.54, 1.807) is 30.3 Å². The predicted molar refractivity (Wildman–Crippen MR) is 123 cm³/mol. The van der Waals surface area contributed by atoms with E-state index in [-0.39, 0.29) is 10.7 Å². The van der Waals surface area contributed by atoms with Crippen molar-refractivity contribution in [2.45, 2.75) is 12.8 Å². The van der Waals surface area contributed by atoms with Crippen LogP contribution in [0.4, 0.5) is 18.9 Å². The van der Waals surface area contributed by atoms with E-state index in [0.717, 1.165) is 23.8 Å². The van der Waals surface area contributed by atoms with Crippen LogP contribution in [0.25, 0.3) is 6.08 Å². The Bertz CT molecular complexity index is 1160. The van der Waals surface area contributed by atoms with Crippen molar-refractivity contribution < 1.29 is 27.4 Å². The van der Waals surface area contributed by atoms with Crippen LogP contribution in [0.3, 0.4) is 0 Å². The number of hydrogen-bond donors (Lipinski definition) is 1. The van der Waals surface area contributed by atoms with Gasteiger partial charge in [0.2, 0.25) is 5.91 Å². The minimum absolute atomic E-state index is 0.00592. The van der Waals surface area contributed by atoms with E-state index >= 15 is 0 Å². The molecule has 0 saturated heterocycles. The first-order valence-corrected chi connectivity index (χ1v) is 10.3. The zero-order chi connectivity index (χ0) is 24.0. The number of halogens is 5. The molecule has 33 heavy (non-hydrogen) atoms. The molecule has 0 unspecified atom stereocenters. The average Bonchev–Trinajstić information content (AvgIpc) is 2.78. The highest BCUT2D eigenvalue weighted by Crippen LogP contribution is 2.34. The van der Waals surface area contributed by atoms with Crippen LogP contribution in [0.15, 0.2) is 66.7 Å². The second-order valence-corrected chi connectivity index (χ2v) is 7.68. The van der Waals surface area contributed by atoms with Crippen LogP contribution in [0, 0.1) is 0 Å². The Kier molecular flexibility index (Phi) is 7.89. The van der Waals surface area contributed by atoms with E-state index in [4.69, 9.17) is 32.7 Å². The molecular formula is C24H18Cl2F3NO3. The standard InChI is InChI=1S/C24H18Cl2F3NO3/c1-32-22-12-15(4-10-21(22)33-14-16-2-7-18(25)8-3-16)5-11-23(31)30-20-13-17(24(27,28)29)6-9-19(20)26/h2-13H,14H2,1H3,(H,30,31)/b11-5+. The number of rotatable bonds is 7. The Hall–Kier alpha value is -3.16. The third-order valence-electron chi connectivity index (χ3n) is 4.47. The lowest BCUT2D eigenvalue weighted by molar-refractivity contribution is -0.137. The third-order valence-corrected chi connectivity index (χ3v) is 5.06. The lowest BCUT2D eigenvalue weighted by Crippen LogP contribution is -2.11. The summed E-state index contributed by atoms with van der Waals surface area (Å²) >= 11 is 11.8. The molecule has 0 heterocycles. The van der Waals surface area contributed by atoms with Gasteiger partial charge in [0, 0.05) is 11.1 Å². The van der Waals surface area contributed by atoms with Crippen molar-refractivity contribution in [3.63, 3.8) is 0 Å². The number of amides is 1. The van der Waals surface area contributed by atoms with E-state index in [1.807, 2.05) is 12.1 Å². The van der Waals surface area contributed by atoms with Crippen LogP contribution in [-0.4, -0.2) is 13.0 Å². The minimum atomic E-state index is -4.55. The number of carbonyl (C=O) groups is 1. The Balaban J connectivity index is 1.67. The second-order valence-electron chi connectivity index (χ2n) is 6.84. The van der Waals surface area contributed by atoms with Gasteiger partial charge in [-0.05, 0) is 59.7 Å². The molecule has 3 rings (SSSR count). The number of ether oxygens (including phenoxy) is 2. The largest absolute Gasteiger partial charge is 0.493 e. The Labute approximate surface area is 198 Å². The number of carbonyl (C=O) groups excluding carboxylic acids is 1. The first kappa shape index (κ1) is 24.5. The van der Waals surface area contributed by atoms with Crippen molar-refractivity contribution in [2.24, 2.45) is 0 Å². The normalized spacial score (nSPS) is 11.5. The quantitative estimate of drug-likeness (QED) is 0.351. The molecule has 9 heteroatoms. The summed E-state index contributed by atoms with van der Waals surface area (Å²) in [6, 6.07) is 15.0. The van der Waals surface area contributed by atoms with Gasteiger partial charge in [0.25, 0.3) is 0 Å². The second kappa shape index (κ2) is 10.6. The summed E-state index contributed by atoms with van der Waals surface area (Å²) < 4.78 is 49.8. The van der Waals surface area contributed by atoms with Gasteiger partial charge in [-0.15, -0.1) is 0 Å². The van der Waals surface area contributed by atoms with Crippen molar-refractivity contribution in [2.75, 3.05) is 12.4 Å². The number of benzene rings is 3. The van der Waals surface area contributed by atoms with Crippen molar-refractivity contribution in [1.82, 2.24) is 0 Å². The Morgan fingerprint density at radius 1 is 1.00 bits per heavy atom.